The van der Waals surface area contributed by atoms with Gasteiger partial charge in [-0.3, -0.25) is 4.79 Å². The Morgan fingerprint density at radius 2 is 1.87 bits per heavy atom. The number of nitrogens with one attached hydrogen (secondary N) is 1. The lowest BCUT2D eigenvalue weighted by molar-refractivity contribution is -0.127. The first kappa shape index (κ1) is 21.6. The van der Waals surface area contributed by atoms with Gasteiger partial charge >= 0.3 is 0 Å². The molecule has 0 unspecified atom stereocenters. The molecule has 0 radical (unpaired) electrons. The van der Waals surface area contributed by atoms with Crippen LogP contribution in [0.25, 0.3) is 0 Å². The predicted octanol–water partition coefficient (Wildman–Crippen LogP) is 4.66. The fourth-order valence-corrected chi connectivity index (χ4v) is 3.53. The normalized spacial score (nSPS) is 13.2. The van der Waals surface area contributed by atoms with Crippen LogP contribution in [-0.2, 0) is 11.8 Å². The molecule has 3 aromatic rings. The summed E-state index contributed by atoms with van der Waals surface area (Å²) in [6.07, 6.45) is 2.62. The summed E-state index contributed by atoms with van der Waals surface area (Å²) in [7, 11) is 1.81. The molecule has 0 aliphatic carbocycles. The van der Waals surface area contributed by atoms with Crippen molar-refractivity contribution in [3.63, 3.8) is 0 Å². The number of aromatic nitrogens is 2. The molecule has 0 spiro atoms. The van der Waals surface area contributed by atoms with Crippen molar-refractivity contribution in [3.8, 4) is 5.75 Å². The van der Waals surface area contributed by atoms with Crippen LogP contribution in [0.2, 0.25) is 0 Å². The van der Waals surface area contributed by atoms with Crippen LogP contribution in [0.1, 0.15) is 55.2 Å². The third kappa shape index (κ3) is 4.70. The molecule has 1 amide bonds. The van der Waals surface area contributed by atoms with Gasteiger partial charge in [0.05, 0.1) is 0 Å². The van der Waals surface area contributed by atoms with E-state index in [2.05, 4.69) is 24.1 Å². The molecule has 6 heteroatoms. The molecule has 2 atom stereocenters. The van der Waals surface area contributed by atoms with E-state index in [0.29, 0.717) is 23.1 Å². The van der Waals surface area contributed by atoms with Crippen LogP contribution in [0, 0.1) is 12.7 Å². The molecule has 0 fully saturated rings. The van der Waals surface area contributed by atoms with Crippen molar-refractivity contribution in [2.24, 2.45) is 7.05 Å². The highest BCUT2D eigenvalue weighted by atomic mass is 19.1. The second-order valence-corrected chi connectivity index (χ2v) is 7.79. The van der Waals surface area contributed by atoms with Gasteiger partial charge in [0.1, 0.15) is 23.4 Å². The largest absolute Gasteiger partial charge is 0.481 e. The molecule has 30 heavy (non-hydrogen) atoms. The first-order valence-corrected chi connectivity index (χ1v) is 10.1. The zero-order valence-corrected chi connectivity index (χ0v) is 18.0. The first-order valence-electron chi connectivity index (χ1n) is 10.1. The molecule has 0 aliphatic rings. The molecule has 0 bridgehead atoms. The van der Waals surface area contributed by atoms with Gasteiger partial charge in [-0.15, -0.1) is 0 Å². The molecule has 2 aromatic carbocycles. The van der Waals surface area contributed by atoms with E-state index >= 15 is 0 Å². The lowest BCUT2D eigenvalue weighted by Gasteiger charge is -2.22. The Hall–Kier alpha value is -3.15. The summed E-state index contributed by atoms with van der Waals surface area (Å²) in [4.78, 5) is 17.2. The fourth-order valence-electron chi connectivity index (χ4n) is 3.53. The Morgan fingerprint density at radius 3 is 2.47 bits per heavy atom. The van der Waals surface area contributed by atoms with Gasteiger partial charge in [0.15, 0.2) is 6.10 Å². The summed E-state index contributed by atoms with van der Waals surface area (Å²) in [6, 6.07) is 11.5. The van der Waals surface area contributed by atoms with E-state index in [1.54, 1.807) is 49.1 Å². The number of ether oxygens (including phenoxy) is 1. The van der Waals surface area contributed by atoms with Crippen LogP contribution in [0.5, 0.6) is 5.75 Å². The van der Waals surface area contributed by atoms with Crippen LogP contribution >= 0.6 is 0 Å². The zero-order valence-electron chi connectivity index (χ0n) is 18.0. The summed E-state index contributed by atoms with van der Waals surface area (Å²) < 4.78 is 22.1. The fraction of sp³-hybridized carbons (Fsp3) is 0.333. The van der Waals surface area contributed by atoms with E-state index in [-0.39, 0.29) is 5.91 Å². The Labute approximate surface area is 176 Å². The van der Waals surface area contributed by atoms with Crippen LogP contribution in [-0.4, -0.2) is 21.6 Å². The maximum Gasteiger partial charge on any atom is 0.261 e. The van der Waals surface area contributed by atoms with E-state index in [9.17, 15) is 9.18 Å². The number of carbonyl (C=O) groups is 1. The second kappa shape index (κ2) is 9.11. The number of nitrogens with zero attached hydrogens (tertiary/aromatic N) is 2. The second-order valence-electron chi connectivity index (χ2n) is 7.79. The number of hydrogen-bond donors (Lipinski definition) is 1. The van der Waals surface area contributed by atoms with Crippen molar-refractivity contribution >= 4 is 5.91 Å². The number of rotatable bonds is 7. The van der Waals surface area contributed by atoms with Crippen LogP contribution in [0.3, 0.4) is 0 Å². The summed E-state index contributed by atoms with van der Waals surface area (Å²) in [5, 5.41) is 2.89. The van der Waals surface area contributed by atoms with Crippen molar-refractivity contribution in [2.45, 2.75) is 45.8 Å². The first-order chi connectivity index (χ1) is 14.3. The molecule has 5 nitrogen and oxygen atoms in total. The van der Waals surface area contributed by atoms with Crippen LogP contribution in [0.4, 0.5) is 4.39 Å². The number of imidazole rings is 1. The molecule has 1 heterocycles. The minimum Gasteiger partial charge on any atom is -0.481 e. The van der Waals surface area contributed by atoms with Crippen molar-refractivity contribution in [1.29, 1.82) is 0 Å². The summed E-state index contributed by atoms with van der Waals surface area (Å²) in [5.41, 5.74) is 2.71. The molecule has 0 aliphatic heterocycles. The van der Waals surface area contributed by atoms with E-state index in [4.69, 9.17) is 4.74 Å². The zero-order chi connectivity index (χ0) is 21.8. The summed E-state index contributed by atoms with van der Waals surface area (Å²) in [6.45, 7) is 7.99. The minimum atomic E-state index is -0.760. The van der Waals surface area contributed by atoms with Crippen molar-refractivity contribution in [2.75, 3.05) is 0 Å². The average Bonchev–Trinajstić information content (AvgIpc) is 3.12. The highest BCUT2D eigenvalue weighted by Crippen LogP contribution is 2.25. The third-order valence-corrected chi connectivity index (χ3v) is 5.16. The average molecular weight is 410 g/mol. The molecule has 0 saturated heterocycles. The van der Waals surface area contributed by atoms with Crippen LogP contribution in [0.15, 0.2) is 54.9 Å². The van der Waals surface area contributed by atoms with Gasteiger partial charge in [-0.25, -0.2) is 9.37 Å². The number of benzene rings is 2. The SMILES string of the molecule is Cc1cc(O[C@H](C)C(=O)N[C@@H](c2ccccc2F)c2nccn2C)ccc1C(C)C. The summed E-state index contributed by atoms with van der Waals surface area (Å²) in [5.74, 6) is 0.826. The molecule has 158 valence electrons. The number of amides is 1. The van der Waals surface area contributed by atoms with Gasteiger partial charge in [0, 0.05) is 25.0 Å². The highest BCUT2D eigenvalue weighted by Gasteiger charge is 2.26. The quantitative estimate of drug-likeness (QED) is 0.617. The molecule has 1 N–H and O–H groups in total. The van der Waals surface area contributed by atoms with Gasteiger partial charge in [-0.05, 0) is 49.1 Å². The Balaban J connectivity index is 1.80. The molecular formula is C24H28FN3O2. The van der Waals surface area contributed by atoms with Gasteiger partial charge < -0.3 is 14.6 Å². The Bertz CT molecular complexity index is 1030. The summed E-state index contributed by atoms with van der Waals surface area (Å²) >= 11 is 0. The minimum absolute atomic E-state index is 0.350. The van der Waals surface area contributed by atoms with Crippen LogP contribution < -0.4 is 10.1 Å². The number of carbonyl (C=O) groups excluding carboxylic acids is 1. The molecule has 1 aromatic heterocycles. The van der Waals surface area contributed by atoms with E-state index in [1.807, 2.05) is 25.1 Å². The van der Waals surface area contributed by atoms with Crippen molar-refractivity contribution in [3.05, 3.63) is 83.2 Å². The predicted molar refractivity (Wildman–Crippen MR) is 115 cm³/mol. The molecule has 0 saturated carbocycles. The van der Waals surface area contributed by atoms with Crippen molar-refractivity contribution in [1.82, 2.24) is 14.9 Å². The van der Waals surface area contributed by atoms with Gasteiger partial charge in [0.2, 0.25) is 0 Å². The Morgan fingerprint density at radius 1 is 1.13 bits per heavy atom. The smallest absolute Gasteiger partial charge is 0.261 e. The highest BCUT2D eigenvalue weighted by molar-refractivity contribution is 5.81. The number of aryl methyl sites for hydroxylation is 2. The lowest BCUT2D eigenvalue weighted by atomic mass is 9.98. The van der Waals surface area contributed by atoms with Gasteiger partial charge in [0.25, 0.3) is 5.91 Å². The Kier molecular flexibility index (Phi) is 6.55. The van der Waals surface area contributed by atoms with E-state index in [1.165, 1.54) is 11.6 Å². The lowest BCUT2D eigenvalue weighted by Crippen LogP contribution is -2.40. The van der Waals surface area contributed by atoms with E-state index < -0.39 is 18.0 Å². The maximum atomic E-state index is 14.5. The topological polar surface area (TPSA) is 56.1 Å². The monoisotopic (exact) mass is 409 g/mol. The third-order valence-electron chi connectivity index (χ3n) is 5.16. The van der Waals surface area contributed by atoms with Gasteiger partial charge in [-0.1, -0.05) is 38.1 Å². The van der Waals surface area contributed by atoms with Gasteiger partial charge in [-0.2, -0.15) is 0 Å². The number of hydrogen-bond acceptors (Lipinski definition) is 3. The number of halogens is 1. The maximum absolute atomic E-state index is 14.5. The van der Waals surface area contributed by atoms with E-state index in [0.717, 1.165) is 5.56 Å². The molecule has 3 rings (SSSR count). The van der Waals surface area contributed by atoms with Crippen molar-refractivity contribution < 1.29 is 13.9 Å². The standard InChI is InChI=1S/C24H28FN3O2/c1-15(2)19-11-10-18(14-16(19)3)30-17(4)24(29)27-22(23-26-12-13-28(23)5)20-8-6-7-9-21(20)25/h6-15,17,22H,1-5H3,(H,27,29)/t17-,22+/m1/s1. The molecular weight excluding hydrogens is 381 g/mol.